The van der Waals surface area contributed by atoms with Crippen LogP contribution in [0.1, 0.15) is 0 Å². The quantitative estimate of drug-likeness (QED) is 0.601. The summed E-state index contributed by atoms with van der Waals surface area (Å²) in [6, 6.07) is 11.0. The lowest BCUT2D eigenvalue weighted by Crippen LogP contribution is -2.48. The Kier molecular flexibility index (Phi) is 5.78. The van der Waals surface area contributed by atoms with E-state index in [9.17, 15) is 20.0 Å². The molecule has 3 rings (SSSR count). The Hall–Kier alpha value is -2.84. The van der Waals surface area contributed by atoms with Gasteiger partial charge in [-0.05, 0) is 30.3 Å². The van der Waals surface area contributed by atoms with Crippen LogP contribution in [0.4, 0.5) is 17.1 Å². The van der Waals surface area contributed by atoms with Gasteiger partial charge >= 0.3 is 0 Å². The van der Waals surface area contributed by atoms with Crippen LogP contribution in [0.15, 0.2) is 42.5 Å². The average molecular weight is 391 g/mol. The van der Waals surface area contributed by atoms with Gasteiger partial charge < -0.3 is 15.3 Å². The molecule has 1 heterocycles. The number of piperazine rings is 1. The van der Waals surface area contributed by atoms with Crippen molar-refractivity contribution in [3.8, 4) is 5.75 Å². The number of nitro benzene ring substituents is 1. The number of anilines is 2. The Balaban J connectivity index is 1.51. The minimum absolute atomic E-state index is 0.122. The van der Waals surface area contributed by atoms with Crippen molar-refractivity contribution in [2.75, 3.05) is 42.9 Å². The van der Waals surface area contributed by atoms with Crippen LogP contribution < -0.4 is 10.2 Å². The van der Waals surface area contributed by atoms with Gasteiger partial charge in [0.15, 0.2) is 0 Å². The molecule has 1 fully saturated rings. The first kappa shape index (κ1) is 18.9. The number of phenolic OH excluding ortho intramolecular Hbond substituents is 1. The number of halogens is 1. The van der Waals surface area contributed by atoms with Crippen LogP contribution in [0.2, 0.25) is 5.02 Å². The summed E-state index contributed by atoms with van der Waals surface area (Å²) in [4.78, 5) is 26.7. The van der Waals surface area contributed by atoms with E-state index in [2.05, 4.69) is 10.2 Å². The molecular formula is C18H19ClN4O4. The van der Waals surface area contributed by atoms with Crippen LogP contribution in [-0.2, 0) is 4.79 Å². The molecule has 1 aliphatic rings. The van der Waals surface area contributed by atoms with E-state index in [1.54, 1.807) is 12.1 Å². The molecule has 1 aliphatic heterocycles. The minimum atomic E-state index is -0.537. The molecule has 0 radical (unpaired) electrons. The zero-order chi connectivity index (χ0) is 19.4. The van der Waals surface area contributed by atoms with Crippen LogP contribution in [0.3, 0.4) is 0 Å². The van der Waals surface area contributed by atoms with Crippen molar-refractivity contribution in [2.45, 2.75) is 0 Å². The monoisotopic (exact) mass is 390 g/mol. The summed E-state index contributed by atoms with van der Waals surface area (Å²) >= 11 is 6.00. The Morgan fingerprint density at radius 1 is 1.15 bits per heavy atom. The molecule has 142 valence electrons. The molecule has 0 atom stereocenters. The summed E-state index contributed by atoms with van der Waals surface area (Å²) in [5.41, 5.74) is 1.27. The molecule has 2 aromatic rings. The number of carbonyl (C=O) groups excluding carboxylic acids is 1. The number of hydrogen-bond donors (Lipinski definition) is 2. The Bertz CT molecular complexity index is 836. The number of nitrogens with one attached hydrogen (secondary N) is 1. The van der Waals surface area contributed by atoms with Crippen LogP contribution >= 0.6 is 11.6 Å². The second kappa shape index (κ2) is 8.24. The van der Waals surface area contributed by atoms with E-state index < -0.39 is 4.92 Å². The third-order valence-corrected chi connectivity index (χ3v) is 4.70. The van der Waals surface area contributed by atoms with Gasteiger partial charge in [0.1, 0.15) is 5.75 Å². The van der Waals surface area contributed by atoms with Gasteiger partial charge in [0, 0.05) is 44.0 Å². The van der Waals surface area contributed by atoms with Gasteiger partial charge in [0.25, 0.3) is 5.69 Å². The predicted octanol–water partition coefficient (Wildman–Crippen LogP) is 2.71. The van der Waals surface area contributed by atoms with E-state index >= 15 is 0 Å². The maximum atomic E-state index is 12.3. The standard InChI is InChI=1S/C18H19ClN4O4/c19-16-11-14(23(26)27)3-6-17(16)20-18(25)12-21-7-9-22(10-8-21)13-1-4-15(24)5-2-13/h1-6,11,24H,7-10,12H2,(H,20,25). The highest BCUT2D eigenvalue weighted by Gasteiger charge is 2.20. The molecule has 0 aromatic heterocycles. The highest BCUT2D eigenvalue weighted by molar-refractivity contribution is 6.34. The third-order valence-electron chi connectivity index (χ3n) is 4.39. The van der Waals surface area contributed by atoms with Crippen molar-refractivity contribution < 1.29 is 14.8 Å². The number of amides is 1. The summed E-state index contributed by atoms with van der Waals surface area (Å²) < 4.78 is 0. The van der Waals surface area contributed by atoms with Gasteiger partial charge in [-0.1, -0.05) is 11.6 Å². The molecular weight excluding hydrogens is 372 g/mol. The van der Waals surface area contributed by atoms with Crippen molar-refractivity contribution >= 4 is 34.6 Å². The van der Waals surface area contributed by atoms with Gasteiger partial charge in [-0.2, -0.15) is 0 Å². The molecule has 2 N–H and O–H groups in total. The average Bonchev–Trinajstić information content (AvgIpc) is 2.64. The number of aromatic hydroxyl groups is 1. The summed E-state index contributed by atoms with van der Waals surface area (Å²) in [7, 11) is 0. The normalized spacial score (nSPS) is 14.8. The first-order valence-corrected chi connectivity index (χ1v) is 8.80. The van der Waals surface area contributed by atoms with E-state index in [0.29, 0.717) is 5.69 Å². The van der Waals surface area contributed by atoms with Gasteiger partial charge in [0.2, 0.25) is 5.91 Å². The Labute approximate surface area is 161 Å². The molecule has 0 saturated carbocycles. The highest BCUT2D eigenvalue weighted by Crippen LogP contribution is 2.26. The van der Waals surface area contributed by atoms with Crippen molar-refractivity contribution in [3.05, 3.63) is 57.6 Å². The summed E-state index contributed by atoms with van der Waals surface area (Å²) in [6.45, 7) is 3.22. The zero-order valence-corrected chi connectivity index (χ0v) is 15.2. The van der Waals surface area contributed by atoms with E-state index in [0.717, 1.165) is 31.9 Å². The number of phenols is 1. The summed E-state index contributed by atoms with van der Waals surface area (Å²) in [6.07, 6.45) is 0. The predicted molar refractivity (Wildman–Crippen MR) is 103 cm³/mol. The van der Waals surface area contributed by atoms with Gasteiger partial charge in [-0.15, -0.1) is 0 Å². The smallest absolute Gasteiger partial charge is 0.271 e. The Morgan fingerprint density at radius 2 is 1.81 bits per heavy atom. The maximum absolute atomic E-state index is 12.3. The number of benzene rings is 2. The third kappa shape index (κ3) is 4.87. The topological polar surface area (TPSA) is 99.0 Å². The molecule has 8 nitrogen and oxygen atoms in total. The molecule has 0 spiro atoms. The number of rotatable bonds is 5. The molecule has 9 heteroatoms. The van der Waals surface area contributed by atoms with Crippen LogP contribution in [-0.4, -0.2) is 53.6 Å². The highest BCUT2D eigenvalue weighted by atomic mass is 35.5. The molecule has 0 bridgehead atoms. The second-order valence-electron chi connectivity index (χ2n) is 6.25. The lowest BCUT2D eigenvalue weighted by Gasteiger charge is -2.35. The lowest BCUT2D eigenvalue weighted by molar-refractivity contribution is -0.384. The second-order valence-corrected chi connectivity index (χ2v) is 6.66. The number of non-ortho nitro benzene ring substituents is 1. The molecule has 0 aliphatic carbocycles. The van der Waals surface area contributed by atoms with Crippen LogP contribution in [0, 0.1) is 10.1 Å². The first-order chi connectivity index (χ1) is 12.9. The number of carbonyl (C=O) groups is 1. The minimum Gasteiger partial charge on any atom is -0.508 e. The Morgan fingerprint density at radius 3 is 2.41 bits per heavy atom. The fraction of sp³-hybridized carbons (Fsp3) is 0.278. The fourth-order valence-electron chi connectivity index (χ4n) is 2.94. The number of nitrogens with zero attached hydrogens (tertiary/aromatic N) is 3. The SMILES string of the molecule is O=C(CN1CCN(c2ccc(O)cc2)CC1)Nc1ccc([N+](=O)[O-])cc1Cl. The van der Waals surface area contributed by atoms with E-state index in [1.807, 2.05) is 17.0 Å². The largest absolute Gasteiger partial charge is 0.508 e. The van der Waals surface area contributed by atoms with E-state index in [-0.39, 0.29) is 28.9 Å². The summed E-state index contributed by atoms with van der Waals surface area (Å²) in [5, 5.41) is 22.9. The number of nitro groups is 1. The fourth-order valence-corrected chi connectivity index (χ4v) is 3.16. The van der Waals surface area contributed by atoms with Crippen LogP contribution in [0.25, 0.3) is 0 Å². The molecule has 2 aromatic carbocycles. The summed E-state index contributed by atoms with van der Waals surface area (Å²) in [5.74, 6) is 0.0165. The first-order valence-electron chi connectivity index (χ1n) is 8.42. The van der Waals surface area contributed by atoms with Gasteiger partial charge in [0.05, 0.1) is 22.2 Å². The van der Waals surface area contributed by atoms with Gasteiger partial charge in [-0.25, -0.2) is 0 Å². The molecule has 27 heavy (non-hydrogen) atoms. The van der Waals surface area contributed by atoms with Crippen molar-refractivity contribution in [1.29, 1.82) is 0 Å². The lowest BCUT2D eigenvalue weighted by atomic mass is 10.2. The van der Waals surface area contributed by atoms with Crippen molar-refractivity contribution in [1.82, 2.24) is 4.90 Å². The van der Waals surface area contributed by atoms with Crippen molar-refractivity contribution in [3.63, 3.8) is 0 Å². The van der Waals surface area contributed by atoms with Crippen molar-refractivity contribution in [2.24, 2.45) is 0 Å². The molecule has 1 amide bonds. The van der Waals surface area contributed by atoms with Crippen LogP contribution in [0.5, 0.6) is 5.75 Å². The zero-order valence-electron chi connectivity index (χ0n) is 14.5. The molecule has 1 saturated heterocycles. The van der Waals surface area contributed by atoms with E-state index in [4.69, 9.17) is 11.6 Å². The maximum Gasteiger partial charge on any atom is 0.271 e. The molecule has 0 unspecified atom stereocenters. The van der Waals surface area contributed by atoms with E-state index in [1.165, 1.54) is 18.2 Å². The number of hydrogen-bond acceptors (Lipinski definition) is 6. The van der Waals surface area contributed by atoms with Gasteiger partial charge in [-0.3, -0.25) is 19.8 Å².